The van der Waals surface area contributed by atoms with Gasteiger partial charge in [-0.3, -0.25) is 9.48 Å². The number of nitrogens with two attached hydrogens (primary N) is 1. The zero-order valence-electron chi connectivity index (χ0n) is 11.1. The maximum Gasteiger partial charge on any atom is 0.259 e. The van der Waals surface area contributed by atoms with E-state index in [2.05, 4.69) is 18.9 Å². The fraction of sp³-hybridized carbons (Fsp3) is 0.667. The van der Waals surface area contributed by atoms with E-state index >= 15 is 0 Å². The van der Waals surface area contributed by atoms with Gasteiger partial charge in [0.15, 0.2) is 0 Å². The molecule has 1 aliphatic rings. The van der Waals surface area contributed by atoms with Crippen LogP contribution < -0.4 is 5.73 Å². The number of rotatable bonds is 2. The summed E-state index contributed by atoms with van der Waals surface area (Å²) in [6.45, 7) is 5.99. The Balaban J connectivity index is 2.12. The summed E-state index contributed by atoms with van der Waals surface area (Å²) in [5.74, 6) is 2.03. The van der Waals surface area contributed by atoms with Crippen molar-refractivity contribution in [2.75, 3.05) is 24.6 Å². The van der Waals surface area contributed by atoms with Crippen LogP contribution in [0.4, 0.5) is 5.82 Å². The number of anilines is 1. The Hall–Kier alpha value is -1.17. The number of carbonyl (C=O) groups excluding carboxylic acids is 1. The normalized spacial score (nSPS) is 20.4. The Morgan fingerprint density at radius 3 is 2.89 bits per heavy atom. The van der Waals surface area contributed by atoms with Crippen LogP contribution in [0.5, 0.6) is 0 Å². The van der Waals surface area contributed by atoms with Gasteiger partial charge in [0, 0.05) is 31.1 Å². The molecule has 0 spiro atoms. The summed E-state index contributed by atoms with van der Waals surface area (Å²) in [6, 6.07) is 0. The van der Waals surface area contributed by atoms with Crippen LogP contribution in [0.2, 0.25) is 0 Å². The van der Waals surface area contributed by atoms with Crippen molar-refractivity contribution in [2.45, 2.75) is 19.1 Å². The van der Waals surface area contributed by atoms with Crippen LogP contribution in [0, 0.1) is 5.92 Å². The van der Waals surface area contributed by atoms with Crippen molar-refractivity contribution in [2.24, 2.45) is 13.0 Å². The number of hydrogen-bond donors (Lipinski definition) is 1. The summed E-state index contributed by atoms with van der Waals surface area (Å²) in [5, 5.41) is 4.54. The lowest BCUT2D eigenvalue weighted by molar-refractivity contribution is 0.0757. The van der Waals surface area contributed by atoms with Crippen molar-refractivity contribution in [1.29, 1.82) is 0 Å². The zero-order valence-corrected chi connectivity index (χ0v) is 11.9. The van der Waals surface area contributed by atoms with Gasteiger partial charge in [0.1, 0.15) is 11.4 Å². The van der Waals surface area contributed by atoms with Gasteiger partial charge in [-0.15, -0.1) is 0 Å². The first kappa shape index (κ1) is 13.3. The van der Waals surface area contributed by atoms with Crippen molar-refractivity contribution >= 4 is 23.5 Å². The van der Waals surface area contributed by atoms with E-state index in [9.17, 15) is 4.79 Å². The highest BCUT2D eigenvalue weighted by Crippen LogP contribution is 2.26. The van der Waals surface area contributed by atoms with E-state index in [1.54, 1.807) is 13.2 Å². The topological polar surface area (TPSA) is 64.2 Å². The fourth-order valence-corrected chi connectivity index (χ4v) is 3.34. The molecule has 2 rings (SSSR count). The molecule has 1 aromatic heterocycles. The molecule has 0 aliphatic carbocycles. The third-order valence-corrected chi connectivity index (χ3v) is 4.88. The second-order valence-corrected chi connectivity index (χ2v) is 6.32. The minimum absolute atomic E-state index is 0.00606. The van der Waals surface area contributed by atoms with Gasteiger partial charge in [-0.25, -0.2) is 0 Å². The number of aromatic nitrogens is 2. The molecule has 1 unspecified atom stereocenters. The average molecular weight is 268 g/mol. The van der Waals surface area contributed by atoms with Gasteiger partial charge in [-0.1, -0.05) is 13.8 Å². The molecule has 1 amide bonds. The van der Waals surface area contributed by atoms with Crippen LogP contribution in [0.25, 0.3) is 0 Å². The highest BCUT2D eigenvalue weighted by molar-refractivity contribution is 8.00. The van der Waals surface area contributed by atoms with E-state index in [1.807, 2.05) is 16.7 Å². The van der Waals surface area contributed by atoms with E-state index in [-0.39, 0.29) is 5.91 Å². The van der Waals surface area contributed by atoms with Gasteiger partial charge in [0.25, 0.3) is 5.91 Å². The van der Waals surface area contributed by atoms with Crippen LogP contribution in [0.15, 0.2) is 6.20 Å². The van der Waals surface area contributed by atoms with E-state index in [0.29, 0.717) is 22.5 Å². The first-order valence-electron chi connectivity index (χ1n) is 6.19. The molecule has 1 atom stereocenters. The second kappa shape index (κ2) is 5.22. The number of aryl methyl sites for hydroxylation is 1. The van der Waals surface area contributed by atoms with Gasteiger partial charge >= 0.3 is 0 Å². The van der Waals surface area contributed by atoms with Gasteiger partial charge in [-0.2, -0.15) is 16.9 Å². The second-order valence-electron chi connectivity index (χ2n) is 4.97. The molecule has 5 nitrogen and oxygen atoms in total. The minimum atomic E-state index is 0.00606. The van der Waals surface area contributed by atoms with Gasteiger partial charge in [-0.05, 0) is 5.92 Å². The first-order valence-corrected chi connectivity index (χ1v) is 7.24. The first-order chi connectivity index (χ1) is 8.50. The number of nitrogen functional groups attached to an aromatic ring is 1. The molecule has 18 heavy (non-hydrogen) atoms. The highest BCUT2D eigenvalue weighted by Gasteiger charge is 2.28. The van der Waals surface area contributed by atoms with Crippen molar-refractivity contribution in [3.05, 3.63) is 11.8 Å². The molecule has 0 aromatic carbocycles. The van der Waals surface area contributed by atoms with Crippen LogP contribution in [0.3, 0.4) is 0 Å². The lowest BCUT2D eigenvalue weighted by Gasteiger charge is -2.34. The molecule has 6 heteroatoms. The van der Waals surface area contributed by atoms with Crippen molar-refractivity contribution in [1.82, 2.24) is 14.7 Å². The summed E-state index contributed by atoms with van der Waals surface area (Å²) in [6.07, 6.45) is 1.56. The third-order valence-electron chi connectivity index (χ3n) is 3.34. The maximum atomic E-state index is 12.4. The molecule has 0 bridgehead atoms. The van der Waals surface area contributed by atoms with E-state index in [4.69, 9.17) is 5.73 Å². The molecular weight excluding hydrogens is 248 g/mol. The lowest BCUT2D eigenvalue weighted by Crippen LogP contribution is -2.43. The number of thioether (sulfide) groups is 1. The standard InChI is InChI=1S/C12H20N4OS/c1-8(2)10-7-16(4-5-18-10)12(17)9-6-14-15(3)11(9)13/h6,8,10H,4-5,7,13H2,1-3H3. The predicted octanol–water partition coefficient (Wildman–Crippen LogP) is 1.22. The Kier molecular flexibility index (Phi) is 3.85. The van der Waals surface area contributed by atoms with E-state index < -0.39 is 0 Å². The lowest BCUT2D eigenvalue weighted by atomic mass is 10.1. The molecule has 1 aliphatic heterocycles. The SMILES string of the molecule is CC(C)C1CN(C(=O)c2cnn(C)c2N)CCS1. The quantitative estimate of drug-likeness (QED) is 0.876. The molecule has 2 N–H and O–H groups in total. The van der Waals surface area contributed by atoms with Crippen LogP contribution in [-0.2, 0) is 7.05 Å². The number of hydrogen-bond acceptors (Lipinski definition) is 4. The Morgan fingerprint density at radius 1 is 1.61 bits per heavy atom. The summed E-state index contributed by atoms with van der Waals surface area (Å²) >= 11 is 1.95. The molecular formula is C12H20N4OS. The number of amides is 1. The average Bonchev–Trinajstić information content (AvgIpc) is 2.69. The summed E-state index contributed by atoms with van der Waals surface area (Å²) in [7, 11) is 1.75. The maximum absolute atomic E-state index is 12.4. The van der Waals surface area contributed by atoms with Crippen LogP contribution in [-0.4, -0.2) is 44.7 Å². The van der Waals surface area contributed by atoms with Gasteiger partial charge < -0.3 is 10.6 Å². The number of nitrogens with zero attached hydrogens (tertiary/aromatic N) is 3. The Morgan fingerprint density at radius 2 is 2.33 bits per heavy atom. The smallest absolute Gasteiger partial charge is 0.259 e. The summed E-state index contributed by atoms with van der Waals surface area (Å²) in [5.41, 5.74) is 6.37. The van der Waals surface area contributed by atoms with Crippen molar-refractivity contribution in [3.63, 3.8) is 0 Å². The van der Waals surface area contributed by atoms with Crippen molar-refractivity contribution in [3.8, 4) is 0 Å². The predicted molar refractivity (Wildman–Crippen MR) is 74.6 cm³/mol. The third kappa shape index (κ3) is 2.48. The zero-order chi connectivity index (χ0) is 13.3. The molecule has 0 saturated carbocycles. The molecule has 1 saturated heterocycles. The van der Waals surface area contributed by atoms with E-state index in [1.165, 1.54) is 4.68 Å². The van der Waals surface area contributed by atoms with Gasteiger partial charge in [0.05, 0.1) is 6.20 Å². The Bertz CT molecular complexity index is 443. The minimum Gasteiger partial charge on any atom is -0.383 e. The van der Waals surface area contributed by atoms with Crippen LogP contribution >= 0.6 is 11.8 Å². The van der Waals surface area contributed by atoms with Crippen LogP contribution in [0.1, 0.15) is 24.2 Å². The molecule has 100 valence electrons. The molecule has 1 fully saturated rings. The summed E-state index contributed by atoms with van der Waals surface area (Å²) < 4.78 is 1.53. The Labute approximate surface area is 112 Å². The van der Waals surface area contributed by atoms with E-state index in [0.717, 1.165) is 18.8 Å². The van der Waals surface area contributed by atoms with Crippen molar-refractivity contribution < 1.29 is 4.79 Å². The molecule has 2 heterocycles. The van der Waals surface area contributed by atoms with Gasteiger partial charge in [0.2, 0.25) is 0 Å². The molecule has 0 radical (unpaired) electrons. The summed E-state index contributed by atoms with van der Waals surface area (Å²) in [4.78, 5) is 14.3. The highest BCUT2D eigenvalue weighted by atomic mass is 32.2. The largest absolute Gasteiger partial charge is 0.383 e. The fourth-order valence-electron chi connectivity index (χ4n) is 2.05. The number of carbonyl (C=O) groups is 1. The monoisotopic (exact) mass is 268 g/mol. The molecule has 1 aromatic rings.